The summed E-state index contributed by atoms with van der Waals surface area (Å²) in [7, 11) is 0. The molecule has 1 atom stereocenters. The van der Waals surface area contributed by atoms with Gasteiger partial charge in [-0.05, 0) is 37.0 Å². The van der Waals surface area contributed by atoms with Crippen LogP contribution in [0.1, 0.15) is 32.3 Å². The molecule has 0 fully saturated rings. The first-order chi connectivity index (χ1) is 10.7. The molecule has 0 spiro atoms. The van der Waals surface area contributed by atoms with Gasteiger partial charge >= 0.3 is 0 Å². The van der Waals surface area contributed by atoms with E-state index in [2.05, 4.69) is 6.07 Å². The molecule has 2 rings (SSSR count). The molecule has 0 radical (unpaired) electrons. The standard InChI is InChI=1S/C17H22N2O3/c1-3-7-19(8-4-2)17(20)14(11-18)9-13-5-6-15-16(10-13)22-12-21-15/h5-6,10,14H,3-4,7-9,12H2,1-2H3. The minimum Gasteiger partial charge on any atom is -0.454 e. The number of benzene rings is 1. The van der Waals surface area contributed by atoms with Gasteiger partial charge in [-0.1, -0.05) is 19.9 Å². The van der Waals surface area contributed by atoms with Crippen molar-refractivity contribution in [3.05, 3.63) is 23.8 Å². The lowest BCUT2D eigenvalue weighted by Crippen LogP contribution is -2.37. The van der Waals surface area contributed by atoms with Crippen molar-refractivity contribution in [2.75, 3.05) is 19.9 Å². The molecule has 1 aromatic carbocycles. The van der Waals surface area contributed by atoms with Crippen molar-refractivity contribution in [2.45, 2.75) is 33.1 Å². The van der Waals surface area contributed by atoms with E-state index >= 15 is 0 Å². The van der Waals surface area contributed by atoms with Crippen molar-refractivity contribution in [3.8, 4) is 17.6 Å². The van der Waals surface area contributed by atoms with E-state index < -0.39 is 5.92 Å². The van der Waals surface area contributed by atoms with Gasteiger partial charge in [0.25, 0.3) is 0 Å². The van der Waals surface area contributed by atoms with Gasteiger partial charge in [0.1, 0.15) is 5.92 Å². The smallest absolute Gasteiger partial charge is 0.240 e. The number of amides is 1. The molecule has 0 N–H and O–H groups in total. The number of hydrogen-bond donors (Lipinski definition) is 0. The molecule has 5 heteroatoms. The highest BCUT2D eigenvalue weighted by Gasteiger charge is 2.24. The normalized spacial score (nSPS) is 13.5. The molecule has 5 nitrogen and oxygen atoms in total. The molecule has 0 saturated heterocycles. The highest BCUT2D eigenvalue weighted by atomic mass is 16.7. The predicted molar refractivity (Wildman–Crippen MR) is 82.5 cm³/mol. The van der Waals surface area contributed by atoms with E-state index in [9.17, 15) is 10.1 Å². The van der Waals surface area contributed by atoms with Crippen LogP contribution in [0.3, 0.4) is 0 Å². The predicted octanol–water partition coefficient (Wildman–Crippen LogP) is 2.75. The number of rotatable bonds is 7. The molecule has 22 heavy (non-hydrogen) atoms. The monoisotopic (exact) mass is 302 g/mol. The first kappa shape index (κ1) is 16.2. The van der Waals surface area contributed by atoms with E-state index in [0.29, 0.717) is 31.0 Å². The second kappa shape index (κ2) is 7.69. The van der Waals surface area contributed by atoms with Crippen LogP contribution in [-0.4, -0.2) is 30.7 Å². The van der Waals surface area contributed by atoms with E-state index in [-0.39, 0.29) is 12.7 Å². The average molecular weight is 302 g/mol. The van der Waals surface area contributed by atoms with Gasteiger partial charge < -0.3 is 14.4 Å². The number of nitrogens with zero attached hydrogens (tertiary/aromatic N) is 2. The number of fused-ring (bicyclic) bond motifs is 1. The Morgan fingerprint density at radius 2 is 1.95 bits per heavy atom. The van der Waals surface area contributed by atoms with Crippen LogP contribution in [0.25, 0.3) is 0 Å². The van der Waals surface area contributed by atoms with Gasteiger partial charge in [0.2, 0.25) is 12.7 Å². The lowest BCUT2D eigenvalue weighted by Gasteiger charge is -2.24. The summed E-state index contributed by atoms with van der Waals surface area (Å²) >= 11 is 0. The summed E-state index contributed by atoms with van der Waals surface area (Å²) in [5.41, 5.74) is 0.914. The highest BCUT2D eigenvalue weighted by Crippen LogP contribution is 2.33. The minimum atomic E-state index is -0.654. The number of ether oxygens (including phenoxy) is 2. The molecular formula is C17H22N2O3. The molecule has 1 unspecified atom stereocenters. The Morgan fingerprint density at radius 1 is 1.27 bits per heavy atom. The first-order valence-corrected chi connectivity index (χ1v) is 7.76. The van der Waals surface area contributed by atoms with Gasteiger partial charge in [0.15, 0.2) is 11.5 Å². The number of carbonyl (C=O) groups is 1. The molecule has 118 valence electrons. The largest absolute Gasteiger partial charge is 0.454 e. The first-order valence-electron chi connectivity index (χ1n) is 7.76. The summed E-state index contributed by atoms with van der Waals surface area (Å²) in [5.74, 6) is 0.658. The van der Waals surface area contributed by atoms with Crippen molar-refractivity contribution >= 4 is 5.91 Å². The zero-order chi connectivity index (χ0) is 15.9. The molecule has 0 aliphatic carbocycles. The maximum absolute atomic E-state index is 12.5. The summed E-state index contributed by atoms with van der Waals surface area (Å²) in [6, 6.07) is 7.71. The van der Waals surface area contributed by atoms with Crippen molar-refractivity contribution in [1.29, 1.82) is 5.26 Å². The Bertz CT molecular complexity index is 560. The summed E-state index contributed by atoms with van der Waals surface area (Å²) < 4.78 is 10.6. The molecule has 1 aromatic rings. The van der Waals surface area contributed by atoms with Crippen molar-refractivity contribution in [1.82, 2.24) is 4.90 Å². The third kappa shape index (κ3) is 3.70. The van der Waals surface area contributed by atoms with Crippen molar-refractivity contribution in [3.63, 3.8) is 0 Å². The van der Waals surface area contributed by atoms with Crippen LogP contribution in [0.5, 0.6) is 11.5 Å². The molecule has 1 aliphatic rings. The summed E-state index contributed by atoms with van der Waals surface area (Å²) in [6.45, 7) is 5.70. The SMILES string of the molecule is CCCN(CCC)C(=O)C(C#N)Cc1ccc2c(c1)OCO2. The summed E-state index contributed by atoms with van der Waals surface area (Å²) in [5, 5.41) is 9.38. The molecule has 1 amide bonds. The van der Waals surface area contributed by atoms with Gasteiger partial charge in [-0.2, -0.15) is 5.26 Å². The summed E-state index contributed by atoms with van der Waals surface area (Å²) in [6.07, 6.45) is 2.19. The van der Waals surface area contributed by atoms with E-state index in [4.69, 9.17) is 9.47 Å². The Morgan fingerprint density at radius 3 is 2.59 bits per heavy atom. The second-order valence-electron chi connectivity index (χ2n) is 5.40. The minimum absolute atomic E-state index is 0.0798. The quantitative estimate of drug-likeness (QED) is 0.777. The fourth-order valence-corrected chi connectivity index (χ4v) is 2.58. The summed E-state index contributed by atoms with van der Waals surface area (Å²) in [4.78, 5) is 14.3. The lowest BCUT2D eigenvalue weighted by molar-refractivity contribution is -0.133. The van der Waals surface area contributed by atoms with Crippen LogP contribution in [0.2, 0.25) is 0 Å². The van der Waals surface area contributed by atoms with Crippen LogP contribution in [0.15, 0.2) is 18.2 Å². The molecule has 1 aliphatic heterocycles. The zero-order valence-electron chi connectivity index (χ0n) is 13.2. The zero-order valence-corrected chi connectivity index (χ0v) is 13.2. The van der Waals surface area contributed by atoms with Crippen LogP contribution in [0, 0.1) is 17.2 Å². The topological polar surface area (TPSA) is 62.6 Å². The average Bonchev–Trinajstić information content (AvgIpc) is 2.99. The fourth-order valence-electron chi connectivity index (χ4n) is 2.58. The number of nitriles is 1. The molecule has 1 heterocycles. The second-order valence-corrected chi connectivity index (χ2v) is 5.40. The van der Waals surface area contributed by atoms with Gasteiger partial charge in [0.05, 0.1) is 6.07 Å². The Balaban J connectivity index is 2.08. The van der Waals surface area contributed by atoms with Gasteiger partial charge in [-0.3, -0.25) is 4.79 Å². The Hall–Kier alpha value is -2.22. The number of carbonyl (C=O) groups excluding carboxylic acids is 1. The van der Waals surface area contributed by atoms with Crippen LogP contribution in [-0.2, 0) is 11.2 Å². The van der Waals surface area contributed by atoms with Gasteiger partial charge in [0, 0.05) is 13.1 Å². The molecule has 0 saturated carbocycles. The molecular weight excluding hydrogens is 280 g/mol. The van der Waals surface area contributed by atoms with Crippen molar-refractivity contribution in [2.24, 2.45) is 5.92 Å². The van der Waals surface area contributed by atoms with E-state index in [1.807, 2.05) is 32.0 Å². The van der Waals surface area contributed by atoms with Gasteiger partial charge in [-0.15, -0.1) is 0 Å². The van der Waals surface area contributed by atoms with Crippen molar-refractivity contribution < 1.29 is 14.3 Å². The van der Waals surface area contributed by atoms with E-state index in [1.54, 1.807) is 4.90 Å². The van der Waals surface area contributed by atoms with Gasteiger partial charge in [-0.25, -0.2) is 0 Å². The Kier molecular flexibility index (Phi) is 5.65. The lowest BCUT2D eigenvalue weighted by atomic mass is 9.98. The van der Waals surface area contributed by atoms with E-state index in [1.165, 1.54) is 0 Å². The third-order valence-corrected chi connectivity index (χ3v) is 3.63. The number of hydrogen-bond acceptors (Lipinski definition) is 4. The van der Waals surface area contributed by atoms with E-state index in [0.717, 1.165) is 18.4 Å². The third-order valence-electron chi connectivity index (χ3n) is 3.63. The maximum Gasteiger partial charge on any atom is 0.240 e. The fraction of sp³-hybridized carbons (Fsp3) is 0.529. The molecule has 0 aromatic heterocycles. The Labute approximate surface area is 131 Å². The van der Waals surface area contributed by atoms with Crippen LogP contribution in [0.4, 0.5) is 0 Å². The molecule has 0 bridgehead atoms. The van der Waals surface area contributed by atoms with Crippen LogP contribution >= 0.6 is 0 Å². The maximum atomic E-state index is 12.5. The van der Waals surface area contributed by atoms with Crippen LogP contribution < -0.4 is 9.47 Å². The highest BCUT2D eigenvalue weighted by molar-refractivity contribution is 5.81.